The number of aromatic nitrogens is 3. The molecular formula is C49H41N3O8. The van der Waals surface area contributed by atoms with Gasteiger partial charge in [-0.05, 0) is 137 Å². The quantitative estimate of drug-likeness (QED) is 0.138. The van der Waals surface area contributed by atoms with Gasteiger partial charge in [-0.15, -0.1) is 0 Å². The van der Waals surface area contributed by atoms with Gasteiger partial charge in [0.15, 0.2) is 11.5 Å². The molecule has 3 aromatic heterocycles. The van der Waals surface area contributed by atoms with E-state index >= 15 is 0 Å². The fourth-order valence-electron chi connectivity index (χ4n) is 8.10. The third kappa shape index (κ3) is 7.85. The Labute approximate surface area is 345 Å². The summed E-state index contributed by atoms with van der Waals surface area (Å²) in [4.78, 5) is 26.9. The lowest BCUT2D eigenvalue weighted by Crippen LogP contribution is -2.03. The van der Waals surface area contributed by atoms with E-state index in [2.05, 4.69) is 63.8 Å². The van der Waals surface area contributed by atoms with Crippen LogP contribution >= 0.6 is 0 Å². The molecule has 0 amide bonds. The maximum Gasteiger partial charge on any atom is 0.280 e. The molecule has 0 bridgehead atoms. The van der Waals surface area contributed by atoms with Gasteiger partial charge in [0.1, 0.15) is 29.5 Å². The number of hydrogen-bond acceptors (Lipinski definition) is 9. The molecule has 2 N–H and O–H groups in total. The molecule has 11 heteroatoms. The average molecular weight is 800 g/mol. The van der Waals surface area contributed by atoms with E-state index in [9.17, 15) is 9.59 Å². The van der Waals surface area contributed by atoms with E-state index in [0.717, 1.165) is 65.2 Å². The van der Waals surface area contributed by atoms with E-state index in [1.165, 1.54) is 45.5 Å². The van der Waals surface area contributed by atoms with Gasteiger partial charge in [-0.3, -0.25) is 9.59 Å². The number of H-pyrrole nitrogens is 2. The zero-order valence-corrected chi connectivity index (χ0v) is 33.0. The highest BCUT2D eigenvalue weighted by Gasteiger charge is 2.28. The maximum absolute atomic E-state index is 11.3. The number of pyridine rings is 1. The highest BCUT2D eigenvalue weighted by Crippen LogP contribution is 2.43. The lowest BCUT2D eigenvalue weighted by atomic mass is 9.96. The second-order valence-electron chi connectivity index (χ2n) is 14.5. The fraction of sp³-hybridized carbons (Fsp3) is 0.163. The molecule has 5 aromatic carbocycles. The second kappa shape index (κ2) is 16.8. The van der Waals surface area contributed by atoms with Crippen LogP contribution in [-0.2, 0) is 12.8 Å². The van der Waals surface area contributed by atoms with E-state index in [1.807, 2.05) is 72.8 Å². The van der Waals surface area contributed by atoms with E-state index in [0.29, 0.717) is 17.4 Å². The van der Waals surface area contributed by atoms with Gasteiger partial charge in [-0.25, -0.2) is 4.98 Å². The Balaban J connectivity index is 0.000000154. The fourth-order valence-corrected chi connectivity index (χ4v) is 8.10. The molecule has 0 spiro atoms. The van der Waals surface area contributed by atoms with Crippen LogP contribution in [0.5, 0.6) is 23.1 Å². The Morgan fingerprint density at radius 1 is 0.533 bits per heavy atom. The van der Waals surface area contributed by atoms with Crippen molar-refractivity contribution in [3.05, 3.63) is 183 Å². The molecule has 0 saturated heterocycles. The van der Waals surface area contributed by atoms with Crippen molar-refractivity contribution in [1.29, 1.82) is 0 Å². The molecule has 2 aliphatic rings. The van der Waals surface area contributed by atoms with Crippen LogP contribution < -0.4 is 30.1 Å². The topological polar surface area (TPSA) is 142 Å². The Kier molecular flexibility index (Phi) is 10.6. The molecule has 0 aliphatic heterocycles. The number of fused-ring (bicyclic) bond motifs is 2. The molecule has 3 heterocycles. The number of ether oxygens (including phenoxy) is 4. The molecule has 300 valence electrons. The zero-order valence-electron chi connectivity index (χ0n) is 33.0. The monoisotopic (exact) mass is 799 g/mol. The first-order chi connectivity index (χ1) is 29.4. The molecule has 10 rings (SSSR count). The number of methoxy groups -OCH3 is 2. The Morgan fingerprint density at radius 3 is 1.52 bits per heavy atom. The highest BCUT2D eigenvalue weighted by molar-refractivity contribution is 5.74. The second-order valence-corrected chi connectivity index (χ2v) is 14.5. The normalized spacial score (nSPS) is 15.0. The highest BCUT2D eigenvalue weighted by atomic mass is 16.5. The molecule has 60 heavy (non-hydrogen) atoms. The molecule has 11 nitrogen and oxygen atoms in total. The van der Waals surface area contributed by atoms with Gasteiger partial charge in [0, 0.05) is 22.9 Å². The lowest BCUT2D eigenvalue weighted by Gasteiger charge is -2.16. The van der Waals surface area contributed by atoms with Crippen molar-refractivity contribution >= 4 is 0 Å². The number of nitrogens with zero attached hydrogens (tertiary/aromatic N) is 1. The first-order valence-corrected chi connectivity index (χ1v) is 19.7. The summed E-state index contributed by atoms with van der Waals surface area (Å²) in [6, 6.07) is 42.9. The summed E-state index contributed by atoms with van der Waals surface area (Å²) in [5.74, 6) is 4.08. The van der Waals surface area contributed by atoms with Crippen molar-refractivity contribution in [2.45, 2.75) is 37.9 Å². The van der Waals surface area contributed by atoms with Crippen molar-refractivity contribution in [1.82, 2.24) is 15.3 Å². The van der Waals surface area contributed by atoms with Gasteiger partial charge in [0.05, 0.1) is 26.4 Å². The van der Waals surface area contributed by atoms with Crippen LogP contribution in [0.4, 0.5) is 0 Å². The minimum Gasteiger partial charge on any atom is -0.497 e. The standard InChI is InChI=1S/C25H21NO4.C24H20N2O4/c1-28-18-9-5-16(6-10-18)20-3-2-4-22-21(20)13-14-23(22)29-19-11-7-17(8-12-19)24-15-25(27)26-30-24;1-28-24-20(6-3-13-25-24)17-4-2-5-19-18(17)11-12-21(19)29-16-9-7-15(8-10-16)22-14-23(27)26-30-22/h2-12,15,23H,13-14H2,1H3,(H,26,27);2-10,13-14,21H,11-12H2,1H3,(H,26,27). The van der Waals surface area contributed by atoms with Crippen LogP contribution in [0, 0.1) is 0 Å². The molecule has 2 aliphatic carbocycles. The molecule has 0 saturated carbocycles. The SMILES string of the molecule is COc1ccc(-c2cccc3c2CCC3Oc2ccc(-c3cc(=O)[nH]o3)cc2)cc1.COc1ncccc1-c1cccc2c1CCC2Oc1ccc(-c2cc(=O)[nH]o2)cc1. The van der Waals surface area contributed by atoms with Crippen molar-refractivity contribution in [3.8, 4) is 68.0 Å². The summed E-state index contributed by atoms with van der Waals surface area (Å²) in [5.41, 5.74) is 10.8. The molecule has 2 unspecified atom stereocenters. The van der Waals surface area contributed by atoms with Crippen LogP contribution in [0.3, 0.4) is 0 Å². The summed E-state index contributed by atoms with van der Waals surface area (Å²) >= 11 is 0. The third-order valence-corrected chi connectivity index (χ3v) is 11.0. The van der Waals surface area contributed by atoms with Gasteiger partial charge in [0.2, 0.25) is 5.88 Å². The van der Waals surface area contributed by atoms with Crippen molar-refractivity contribution in [2.75, 3.05) is 14.2 Å². The molecular weight excluding hydrogens is 759 g/mol. The molecule has 2 atom stereocenters. The maximum atomic E-state index is 11.3. The average Bonchev–Trinajstić information content (AvgIpc) is 4.12. The number of benzene rings is 5. The number of nitrogens with one attached hydrogen (secondary N) is 2. The van der Waals surface area contributed by atoms with Gasteiger partial charge in [0.25, 0.3) is 11.1 Å². The van der Waals surface area contributed by atoms with Gasteiger partial charge in [-0.1, -0.05) is 48.5 Å². The van der Waals surface area contributed by atoms with Crippen LogP contribution in [0.2, 0.25) is 0 Å². The van der Waals surface area contributed by atoms with Crippen LogP contribution in [0.25, 0.3) is 44.9 Å². The minimum absolute atomic E-state index is 0.0151. The minimum atomic E-state index is -0.256. The van der Waals surface area contributed by atoms with Crippen LogP contribution in [0.1, 0.15) is 47.3 Å². The number of rotatable bonds is 10. The Morgan fingerprint density at radius 2 is 1.02 bits per heavy atom. The summed E-state index contributed by atoms with van der Waals surface area (Å²) < 4.78 is 33.6. The van der Waals surface area contributed by atoms with Gasteiger partial charge < -0.3 is 28.0 Å². The van der Waals surface area contributed by atoms with E-state index in [1.54, 1.807) is 20.4 Å². The smallest absolute Gasteiger partial charge is 0.280 e. The summed E-state index contributed by atoms with van der Waals surface area (Å²) in [6.45, 7) is 0. The molecule has 0 fully saturated rings. The van der Waals surface area contributed by atoms with Gasteiger partial charge in [-0.2, -0.15) is 10.3 Å². The predicted molar refractivity (Wildman–Crippen MR) is 228 cm³/mol. The largest absolute Gasteiger partial charge is 0.497 e. The summed E-state index contributed by atoms with van der Waals surface area (Å²) in [6.07, 6.45) is 5.50. The lowest BCUT2D eigenvalue weighted by molar-refractivity contribution is 0.207. The van der Waals surface area contributed by atoms with Crippen LogP contribution in [-0.4, -0.2) is 29.5 Å². The summed E-state index contributed by atoms with van der Waals surface area (Å²) in [7, 11) is 3.32. The third-order valence-electron chi connectivity index (χ3n) is 11.0. The first-order valence-electron chi connectivity index (χ1n) is 19.7. The van der Waals surface area contributed by atoms with Crippen molar-refractivity contribution < 1.29 is 28.0 Å². The van der Waals surface area contributed by atoms with Gasteiger partial charge >= 0.3 is 0 Å². The Hall–Kier alpha value is -7.53. The Bertz CT molecular complexity index is 2850. The zero-order chi connectivity index (χ0) is 41.0. The van der Waals surface area contributed by atoms with Crippen molar-refractivity contribution in [2.24, 2.45) is 0 Å². The van der Waals surface area contributed by atoms with Crippen molar-refractivity contribution in [3.63, 3.8) is 0 Å². The van der Waals surface area contributed by atoms with E-state index < -0.39 is 0 Å². The predicted octanol–water partition coefficient (Wildman–Crippen LogP) is 10.1. The first kappa shape index (κ1) is 38.0. The number of hydrogen-bond donors (Lipinski definition) is 2. The van der Waals surface area contributed by atoms with E-state index in [-0.39, 0.29) is 23.3 Å². The molecule has 8 aromatic rings. The number of aromatic amines is 2. The van der Waals surface area contributed by atoms with E-state index in [4.69, 9.17) is 28.0 Å². The summed E-state index contributed by atoms with van der Waals surface area (Å²) in [5, 5.41) is 4.61. The van der Waals surface area contributed by atoms with Crippen LogP contribution in [0.15, 0.2) is 158 Å². The molecule has 0 radical (unpaired) electrons.